The van der Waals surface area contributed by atoms with Crippen LogP contribution >= 0.6 is 0 Å². The van der Waals surface area contributed by atoms with Gasteiger partial charge in [0.2, 0.25) is 0 Å². The van der Waals surface area contributed by atoms with E-state index < -0.39 is 0 Å². The highest BCUT2D eigenvalue weighted by Gasteiger charge is 2.34. The van der Waals surface area contributed by atoms with Crippen molar-refractivity contribution in [2.24, 2.45) is 0 Å². The van der Waals surface area contributed by atoms with Crippen LogP contribution in [-0.2, 0) is 4.74 Å². The maximum absolute atomic E-state index is 5.84. The number of hydrogen-bond donors (Lipinski definition) is 0. The molecule has 0 N–H and O–H groups in total. The van der Waals surface area contributed by atoms with Crippen LogP contribution in [0.15, 0.2) is 12.2 Å². The number of ether oxygens (including phenoxy) is 1. The zero-order chi connectivity index (χ0) is 8.44. The Morgan fingerprint density at radius 2 is 2.00 bits per heavy atom. The average Bonchev–Trinajstić information content (AvgIpc) is 2.13. The lowest BCUT2D eigenvalue weighted by atomic mass is 9.87. The highest BCUT2D eigenvalue weighted by Crippen LogP contribution is 2.31. The van der Waals surface area contributed by atoms with E-state index in [9.17, 15) is 0 Å². The molecule has 0 amide bonds. The summed E-state index contributed by atoms with van der Waals surface area (Å²) in [5.41, 5.74) is 0.210. The summed E-state index contributed by atoms with van der Waals surface area (Å²) in [7, 11) is 2.19. The number of rotatable bonds is 0. The van der Waals surface area contributed by atoms with Gasteiger partial charge in [0.05, 0.1) is 12.2 Å². The van der Waals surface area contributed by atoms with Gasteiger partial charge in [0.25, 0.3) is 0 Å². The zero-order valence-corrected chi connectivity index (χ0v) is 7.75. The summed E-state index contributed by atoms with van der Waals surface area (Å²) in [6, 6.07) is 0. The van der Waals surface area contributed by atoms with Crippen molar-refractivity contribution in [3.63, 3.8) is 0 Å². The minimum atomic E-state index is 0.210. The molecule has 0 unspecified atom stereocenters. The molecule has 2 heteroatoms. The second-order valence-corrected chi connectivity index (χ2v) is 3.97. The van der Waals surface area contributed by atoms with E-state index in [0.717, 1.165) is 13.0 Å². The van der Waals surface area contributed by atoms with E-state index in [1.54, 1.807) is 0 Å². The van der Waals surface area contributed by atoms with Gasteiger partial charge in [0.1, 0.15) is 0 Å². The fourth-order valence-corrected chi connectivity index (χ4v) is 2.02. The monoisotopic (exact) mass is 167 g/mol. The largest absolute Gasteiger partial charge is 0.371 e. The molecule has 2 aliphatic heterocycles. The molecule has 0 saturated carbocycles. The first-order chi connectivity index (χ1) is 5.81. The summed E-state index contributed by atoms with van der Waals surface area (Å²) in [4.78, 5) is 2.38. The first-order valence-corrected chi connectivity index (χ1v) is 4.78. The zero-order valence-electron chi connectivity index (χ0n) is 7.75. The van der Waals surface area contributed by atoms with Crippen molar-refractivity contribution in [3.05, 3.63) is 12.2 Å². The van der Waals surface area contributed by atoms with Crippen LogP contribution in [0.2, 0.25) is 0 Å². The summed E-state index contributed by atoms with van der Waals surface area (Å²) in [5.74, 6) is 0. The molecule has 0 aromatic carbocycles. The van der Waals surface area contributed by atoms with E-state index in [1.165, 1.54) is 25.9 Å². The van der Waals surface area contributed by atoms with Gasteiger partial charge in [-0.25, -0.2) is 0 Å². The Morgan fingerprint density at radius 1 is 1.25 bits per heavy atom. The molecule has 0 bridgehead atoms. The third kappa shape index (κ3) is 1.54. The molecule has 1 fully saturated rings. The smallest absolute Gasteiger partial charge is 0.0745 e. The standard InChI is InChI=1S/C10H17NO/c1-11-7-5-10(6-8-11)4-2-3-9-12-10/h2-3H,4-9H2,1H3. The van der Waals surface area contributed by atoms with Gasteiger partial charge in [-0.1, -0.05) is 12.2 Å². The SMILES string of the molecule is CN1CCC2(CC=CCO2)CC1. The van der Waals surface area contributed by atoms with E-state index in [2.05, 4.69) is 24.1 Å². The van der Waals surface area contributed by atoms with Crippen molar-refractivity contribution in [2.75, 3.05) is 26.7 Å². The van der Waals surface area contributed by atoms with Gasteiger partial charge in [-0.3, -0.25) is 0 Å². The van der Waals surface area contributed by atoms with Crippen molar-refractivity contribution in [1.82, 2.24) is 4.90 Å². The molecule has 0 aliphatic carbocycles. The van der Waals surface area contributed by atoms with Gasteiger partial charge >= 0.3 is 0 Å². The normalized spacial score (nSPS) is 29.4. The maximum Gasteiger partial charge on any atom is 0.0745 e. The minimum Gasteiger partial charge on any atom is -0.371 e. The number of hydrogen-bond acceptors (Lipinski definition) is 2. The van der Waals surface area contributed by atoms with Gasteiger partial charge in [-0.05, 0) is 26.3 Å². The van der Waals surface area contributed by atoms with E-state index in [-0.39, 0.29) is 5.60 Å². The highest BCUT2D eigenvalue weighted by atomic mass is 16.5. The molecular weight excluding hydrogens is 150 g/mol. The first-order valence-electron chi connectivity index (χ1n) is 4.78. The molecule has 0 radical (unpaired) electrons. The Kier molecular flexibility index (Phi) is 2.20. The van der Waals surface area contributed by atoms with Gasteiger partial charge in [-0.2, -0.15) is 0 Å². The van der Waals surface area contributed by atoms with E-state index in [4.69, 9.17) is 4.74 Å². The molecule has 1 saturated heterocycles. The third-order valence-corrected chi connectivity index (χ3v) is 3.04. The van der Waals surface area contributed by atoms with Gasteiger partial charge < -0.3 is 9.64 Å². The minimum absolute atomic E-state index is 0.210. The molecule has 2 rings (SSSR count). The Morgan fingerprint density at radius 3 is 2.58 bits per heavy atom. The number of piperidine rings is 1. The van der Waals surface area contributed by atoms with Crippen LogP contribution < -0.4 is 0 Å². The van der Waals surface area contributed by atoms with Gasteiger partial charge in [-0.15, -0.1) is 0 Å². The third-order valence-electron chi connectivity index (χ3n) is 3.04. The summed E-state index contributed by atoms with van der Waals surface area (Å²) in [5, 5.41) is 0. The number of nitrogens with zero attached hydrogens (tertiary/aromatic N) is 1. The molecule has 12 heavy (non-hydrogen) atoms. The van der Waals surface area contributed by atoms with Crippen molar-refractivity contribution in [1.29, 1.82) is 0 Å². The molecule has 2 heterocycles. The first kappa shape index (κ1) is 8.27. The van der Waals surface area contributed by atoms with Crippen LogP contribution in [0.5, 0.6) is 0 Å². The second-order valence-electron chi connectivity index (χ2n) is 3.97. The molecule has 2 nitrogen and oxygen atoms in total. The van der Waals surface area contributed by atoms with Crippen LogP contribution in [0.1, 0.15) is 19.3 Å². The predicted molar refractivity (Wildman–Crippen MR) is 49.2 cm³/mol. The fourth-order valence-electron chi connectivity index (χ4n) is 2.02. The molecule has 0 atom stereocenters. The van der Waals surface area contributed by atoms with Gasteiger partial charge in [0, 0.05) is 13.1 Å². The Bertz CT molecular complexity index is 180. The molecular formula is C10H17NO. The Balaban J connectivity index is 1.98. The molecule has 1 spiro atoms. The second kappa shape index (κ2) is 3.19. The lowest BCUT2D eigenvalue weighted by Crippen LogP contribution is -2.45. The van der Waals surface area contributed by atoms with Gasteiger partial charge in [0.15, 0.2) is 0 Å². The molecule has 0 aromatic rings. The highest BCUT2D eigenvalue weighted by molar-refractivity contribution is 4.99. The predicted octanol–water partition coefficient (Wildman–Crippen LogP) is 1.43. The summed E-state index contributed by atoms with van der Waals surface area (Å²) in [6.07, 6.45) is 7.93. The maximum atomic E-state index is 5.84. The van der Waals surface area contributed by atoms with Crippen LogP contribution in [0.3, 0.4) is 0 Å². The van der Waals surface area contributed by atoms with Crippen molar-refractivity contribution in [2.45, 2.75) is 24.9 Å². The summed E-state index contributed by atoms with van der Waals surface area (Å²) >= 11 is 0. The van der Waals surface area contributed by atoms with Crippen LogP contribution in [0.4, 0.5) is 0 Å². The fraction of sp³-hybridized carbons (Fsp3) is 0.800. The van der Waals surface area contributed by atoms with E-state index in [0.29, 0.717) is 0 Å². The molecule has 2 aliphatic rings. The topological polar surface area (TPSA) is 12.5 Å². The van der Waals surface area contributed by atoms with E-state index >= 15 is 0 Å². The van der Waals surface area contributed by atoms with Crippen LogP contribution in [0.25, 0.3) is 0 Å². The Labute approximate surface area is 74.2 Å². The number of likely N-dealkylation sites (tertiary alicyclic amines) is 1. The van der Waals surface area contributed by atoms with Crippen molar-refractivity contribution < 1.29 is 4.74 Å². The van der Waals surface area contributed by atoms with Crippen LogP contribution in [0, 0.1) is 0 Å². The lowest BCUT2D eigenvalue weighted by molar-refractivity contribution is -0.0734. The summed E-state index contributed by atoms with van der Waals surface area (Å²) in [6.45, 7) is 3.20. The summed E-state index contributed by atoms with van der Waals surface area (Å²) < 4.78 is 5.84. The lowest BCUT2D eigenvalue weighted by Gasteiger charge is -2.41. The van der Waals surface area contributed by atoms with Crippen LogP contribution in [-0.4, -0.2) is 37.2 Å². The van der Waals surface area contributed by atoms with E-state index in [1.807, 2.05) is 0 Å². The quantitative estimate of drug-likeness (QED) is 0.506. The molecule has 0 aromatic heterocycles. The van der Waals surface area contributed by atoms with Crippen molar-refractivity contribution in [3.8, 4) is 0 Å². The Hall–Kier alpha value is -0.340. The average molecular weight is 167 g/mol. The molecule has 68 valence electrons. The van der Waals surface area contributed by atoms with Crippen molar-refractivity contribution >= 4 is 0 Å².